The summed E-state index contributed by atoms with van der Waals surface area (Å²) in [4.78, 5) is 23.3. The molecule has 0 bridgehead atoms. The minimum Gasteiger partial charge on any atom is -0.366 e. The van der Waals surface area contributed by atoms with E-state index in [2.05, 4.69) is 9.88 Å². The molecule has 1 fully saturated rings. The van der Waals surface area contributed by atoms with Gasteiger partial charge in [-0.25, -0.2) is 4.99 Å². The third-order valence-electron chi connectivity index (χ3n) is 4.49. The molecule has 0 saturated carbocycles. The zero-order valence-electron chi connectivity index (χ0n) is 12.8. The van der Waals surface area contributed by atoms with E-state index in [4.69, 9.17) is 10.7 Å². The average Bonchev–Trinajstić information content (AvgIpc) is 2.59. The number of hydrogen-bond acceptors (Lipinski definition) is 4. The van der Waals surface area contributed by atoms with Crippen molar-refractivity contribution < 1.29 is 4.79 Å². The molecule has 4 rings (SSSR count). The van der Waals surface area contributed by atoms with Gasteiger partial charge in [0.2, 0.25) is 5.91 Å². The molecule has 0 atom stereocenters. The van der Waals surface area contributed by atoms with Gasteiger partial charge in [-0.05, 0) is 37.1 Å². The number of fused-ring (bicyclic) bond motifs is 2. The van der Waals surface area contributed by atoms with Crippen LogP contribution in [0.25, 0.3) is 11.3 Å². The van der Waals surface area contributed by atoms with Gasteiger partial charge < -0.3 is 10.6 Å². The van der Waals surface area contributed by atoms with Crippen LogP contribution in [0, 0.1) is 0 Å². The van der Waals surface area contributed by atoms with Gasteiger partial charge in [0.25, 0.3) is 0 Å². The number of nitrogens with two attached hydrogens (primary N) is 1. The van der Waals surface area contributed by atoms with Crippen LogP contribution in [0.2, 0.25) is 0 Å². The smallest absolute Gasteiger partial charge is 0.248 e. The largest absolute Gasteiger partial charge is 0.366 e. The zero-order valence-corrected chi connectivity index (χ0v) is 12.8. The Morgan fingerprint density at radius 2 is 2.13 bits per heavy atom. The van der Waals surface area contributed by atoms with Gasteiger partial charge in [0, 0.05) is 42.4 Å². The van der Waals surface area contributed by atoms with Gasteiger partial charge >= 0.3 is 0 Å². The Morgan fingerprint density at radius 1 is 1.22 bits per heavy atom. The molecule has 5 nitrogen and oxygen atoms in total. The third-order valence-corrected chi connectivity index (χ3v) is 4.49. The summed E-state index contributed by atoms with van der Waals surface area (Å²) in [6.45, 7) is 1.86. The topological polar surface area (TPSA) is 71.6 Å². The Balaban J connectivity index is 1.91. The minimum atomic E-state index is -0.434. The number of aliphatic imine (C=N–C) groups is 1. The van der Waals surface area contributed by atoms with Gasteiger partial charge in [-0.1, -0.05) is 6.07 Å². The second-order valence-corrected chi connectivity index (χ2v) is 6.01. The summed E-state index contributed by atoms with van der Waals surface area (Å²) >= 11 is 0. The van der Waals surface area contributed by atoms with Gasteiger partial charge in [0.05, 0.1) is 11.4 Å². The van der Waals surface area contributed by atoms with E-state index in [1.165, 1.54) is 12.8 Å². The maximum Gasteiger partial charge on any atom is 0.248 e. The predicted molar refractivity (Wildman–Crippen MR) is 89.5 cm³/mol. The molecule has 2 aromatic rings. The minimum absolute atomic E-state index is 0.434. The molecular weight excluding hydrogens is 288 g/mol. The molecule has 2 aliphatic rings. The fraction of sp³-hybridized carbons (Fsp3) is 0.278. The Bertz CT molecular complexity index is 798. The van der Waals surface area contributed by atoms with Crippen LogP contribution in [-0.2, 0) is 6.54 Å². The van der Waals surface area contributed by atoms with Gasteiger partial charge in [-0.3, -0.25) is 9.78 Å². The van der Waals surface area contributed by atoms with Crippen molar-refractivity contribution >= 4 is 17.4 Å². The van der Waals surface area contributed by atoms with E-state index < -0.39 is 5.91 Å². The first-order valence-electron chi connectivity index (χ1n) is 7.93. The molecule has 1 aromatic carbocycles. The Hall–Kier alpha value is -2.69. The fourth-order valence-corrected chi connectivity index (χ4v) is 3.32. The standard InChI is InChI=1S/C18H18N4O/c19-18(23)12-9-13(15-5-1-3-7-20-15)14-11-22-8-4-2-6-17(22)21-16(14)10-12/h1,3,5,7,9-10H,2,4,6,8,11H2,(H2,19,23). The summed E-state index contributed by atoms with van der Waals surface area (Å²) in [5, 5.41) is 0. The van der Waals surface area contributed by atoms with Crippen molar-refractivity contribution in [1.82, 2.24) is 9.88 Å². The number of carbonyl (C=O) groups is 1. The van der Waals surface area contributed by atoms with Crippen molar-refractivity contribution in [2.24, 2.45) is 10.7 Å². The van der Waals surface area contributed by atoms with Crippen molar-refractivity contribution in [3.63, 3.8) is 0 Å². The van der Waals surface area contributed by atoms with E-state index in [9.17, 15) is 4.79 Å². The van der Waals surface area contributed by atoms with E-state index in [-0.39, 0.29) is 0 Å². The average molecular weight is 306 g/mol. The molecule has 1 amide bonds. The SMILES string of the molecule is NC(=O)c1cc2c(c(-c3ccccn3)c1)CN1CCCCC1=N2. The van der Waals surface area contributed by atoms with Crippen LogP contribution in [-0.4, -0.2) is 28.2 Å². The predicted octanol–water partition coefficient (Wildman–Crippen LogP) is 2.88. The number of rotatable bonds is 2. The van der Waals surface area contributed by atoms with Crippen LogP contribution in [0.15, 0.2) is 41.5 Å². The summed E-state index contributed by atoms with van der Waals surface area (Å²) in [6, 6.07) is 9.44. The van der Waals surface area contributed by atoms with E-state index >= 15 is 0 Å². The Kier molecular flexibility index (Phi) is 3.33. The van der Waals surface area contributed by atoms with Crippen LogP contribution in [0.3, 0.4) is 0 Å². The molecule has 5 heteroatoms. The number of primary amides is 1. The maximum atomic E-state index is 11.7. The van der Waals surface area contributed by atoms with Crippen LogP contribution in [0.5, 0.6) is 0 Å². The lowest BCUT2D eigenvalue weighted by Crippen LogP contribution is -2.37. The van der Waals surface area contributed by atoms with Crippen molar-refractivity contribution in [3.05, 3.63) is 47.7 Å². The highest BCUT2D eigenvalue weighted by molar-refractivity contribution is 5.97. The molecule has 3 heterocycles. The number of aromatic nitrogens is 1. The molecule has 0 spiro atoms. The summed E-state index contributed by atoms with van der Waals surface area (Å²) < 4.78 is 0. The summed E-state index contributed by atoms with van der Waals surface area (Å²) in [7, 11) is 0. The van der Waals surface area contributed by atoms with Crippen LogP contribution < -0.4 is 5.73 Å². The molecule has 0 radical (unpaired) electrons. The molecule has 1 saturated heterocycles. The molecule has 0 aliphatic carbocycles. The van der Waals surface area contributed by atoms with Crippen LogP contribution in [0.4, 0.5) is 5.69 Å². The lowest BCUT2D eigenvalue weighted by molar-refractivity contribution is 0.100. The van der Waals surface area contributed by atoms with E-state index in [0.29, 0.717) is 5.56 Å². The van der Waals surface area contributed by atoms with Crippen LogP contribution >= 0.6 is 0 Å². The molecule has 0 unspecified atom stereocenters. The number of carbonyl (C=O) groups excluding carboxylic acids is 1. The highest BCUT2D eigenvalue weighted by Gasteiger charge is 2.26. The highest BCUT2D eigenvalue weighted by Crippen LogP contribution is 2.37. The van der Waals surface area contributed by atoms with Crippen molar-refractivity contribution in [1.29, 1.82) is 0 Å². The first kappa shape index (κ1) is 13.9. The molecule has 2 N–H and O–H groups in total. The first-order valence-corrected chi connectivity index (χ1v) is 7.93. The second kappa shape index (κ2) is 5.50. The number of amides is 1. The molecule has 23 heavy (non-hydrogen) atoms. The number of hydrogen-bond donors (Lipinski definition) is 1. The Labute approximate surface area is 134 Å². The monoisotopic (exact) mass is 306 g/mol. The lowest BCUT2D eigenvalue weighted by Gasteiger charge is -2.35. The van der Waals surface area contributed by atoms with Crippen molar-refractivity contribution in [2.75, 3.05) is 6.54 Å². The first-order chi connectivity index (χ1) is 11.2. The summed E-state index contributed by atoms with van der Waals surface area (Å²) in [5.41, 5.74) is 9.77. The summed E-state index contributed by atoms with van der Waals surface area (Å²) in [5.74, 6) is 0.689. The highest BCUT2D eigenvalue weighted by atomic mass is 16.1. The summed E-state index contributed by atoms with van der Waals surface area (Å²) in [6.07, 6.45) is 5.14. The van der Waals surface area contributed by atoms with E-state index in [1.54, 1.807) is 6.20 Å². The second-order valence-electron chi connectivity index (χ2n) is 6.01. The van der Waals surface area contributed by atoms with Crippen LogP contribution in [0.1, 0.15) is 35.2 Å². The number of piperidine rings is 1. The number of amidine groups is 1. The number of nitrogens with zero attached hydrogens (tertiary/aromatic N) is 3. The van der Waals surface area contributed by atoms with Gasteiger partial charge in [0.15, 0.2) is 0 Å². The lowest BCUT2D eigenvalue weighted by atomic mass is 9.95. The fourth-order valence-electron chi connectivity index (χ4n) is 3.32. The van der Waals surface area contributed by atoms with Gasteiger partial charge in [-0.15, -0.1) is 0 Å². The molecule has 1 aromatic heterocycles. The third kappa shape index (κ3) is 2.48. The molecule has 116 valence electrons. The quantitative estimate of drug-likeness (QED) is 0.927. The van der Waals surface area contributed by atoms with E-state index in [0.717, 1.165) is 47.9 Å². The van der Waals surface area contributed by atoms with Crippen molar-refractivity contribution in [3.8, 4) is 11.3 Å². The number of benzene rings is 1. The van der Waals surface area contributed by atoms with Gasteiger partial charge in [-0.2, -0.15) is 0 Å². The normalized spacial score (nSPS) is 16.3. The molecule has 2 aliphatic heterocycles. The van der Waals surface area contributed by atoms with Crippen molar-refractivity contribution in [2.45, 2.75) is 25.8 Å². The number of pyridine rings is 1. The van der Waals surface area contributed by atoms with E-state index in [1.807, 2.05) is 30.3 Å². The molecular formula is C18H18N4O. The maximum absolute atomic E-state index is 11.7. The zero-order chi connectivity index (χ0) is 15.8. The van der Waals surface area contributed by atoms with Gasteiger partial charge in [0.1, 0.15) is 5.84 Å². The Morgan fingerprint density at radius 3 is 2.91 bits per heavy atom.